The van der Waals surface area contributed by atoms with E-state index < -0.39 is 0 Å². The number of halogens is 1. The molecule has 2 atom stereocenters. The van der Waals surface area contributed by atoms with E-state index in [9.17, 15) is 4.79 Å². The van der Waals surface area contributed by atoms with Gasteiger partial charge >= 0.3 is 0 Å². The zero-order valence-corrected chi connectivity index (χ0v) is 12.8. The molecule has 1 fully saturated rings. The van der Waals surface area contributed by atoms with Crippen molar-refractivity contribution in [2.45, 2.75) is 36.0 Å². The minimum absolute atomic E-state index is 0.0293. The number of carbonyl (C=O) groups excluding carboxylic acids is 1. The van der Waals surface area contributed by atoms with Gasteiger partial charge in [-0.15, -0.1) is 23.4 Å². The second-order valence-electron chi connectivity index (χ2n) is 5.04. The number of hydrogen-bond donors (Lipinski definition) is 1. The maximum absolute atomic E-state index is 12.2. The van der Waals surface area contributed by atoms with E-state index in [1.165, 1.54) is 12.8 Å². The second-order valence-corrected chi connectivity index (χ2v) is 6.51. The lowest BCUT2D eigenvalue weighted by atomic mass is 9.89. The van der Waals surface area contributed by atoms with Crippen LogP contribution in [0.4, 0.5) is 0 Å². The average Bonchev–Trinajstić information content (AvgIpc) is 2.45. The molecule has 19 heavy (non-hydrogen) atoms. The summed E-state index contributed by atoms with van der Waals surface area (Å²) in [4.78, 5) is 13.2. The van der Waals surface area contributed by atoms with E-state index in [0.717, 1.165) is 29.8 Å². The highest BCUT2D eigenvalue weighted by Gasteiger charge is 2.21. The Balaban J connectivity index is 1.90. The van der Waals surface area contributed by atoms with Gasteiger partial charge in [0, 0.05) is 16.8 Å². The van der Waals surface area contributed by atoms with Gasteiger partial charge in [-0.1, -0.05) is 18.6 Å². The van der Waals surface area contributed by atoms with Crippen LogP contribution in [-0.4, -0.2) is 24.1 Å². The molecule has 0 spiro atoms. The molecular formula is C15H20ClNOS. The molecule has 1 aromatic carbocycles. The molecule has 0 bridgehead atoms. The van der Waals surface area contributed by atoms with Crippen molar-refractivity contribution < 1.29 is 4.79 Å². The van der Waals surface area contributed by atoms with Crippen LogP contribution in [0, 0.1) is 5.92 Å². The van der Waals surface area contributed by atoms with Crippen LogP contribution in [0.15, 0.2) is 29.2 Å². The summed E-state index contributed by atoms with van der Waals surface area (Å²) in [5.41, 5.74) is 0.772. The zero-order chi connectivity index (χ0) is 13.7. The summed E-state index contributed by atoms with van der Waals surface area (Å²) in [5.74, 6) is 0.559. The molecule has 1 aliphatic rings. The van der Waals surface area contributed by atoms with E-state index in [-0.39, 0.29) is 11.3 Å². The first kappa shape index (κ1) is 14.7. The summed E-state index contributed by atoms with van der Waals surface area (Å²) < 4.78 is 0. The third kappa shape index (κ3) is 4.15. The van der Waals surface area contributed by atoms with Crippen LogP contribution in [0.1, 0.15) is 36.0 Å². The highest BCUT2D eigenvalue weighted by molar-refractivity contribution is 7.98. The van der Waals surface area contributed by atoms with Crippen molar-refractivity contribution in [1.29, 1.82) is 0 Å². The normalized spacial score (nSPS) is 23.1. The maximum atomic E-state index is 12.2. The predicted molar refractivity (Wildman–Crippen MR) is 82.2 cm³/mol. The minimum atomic E-state index is 0.0293. The van der Waals surface area contributed by atoms with Gasteiger partial charge in [-0.2, -0.15) is 0 Å². The summed E-state index contributed by atoms with van der Waals surface area (Å²) in [7, 11) is 0. The topological polar surface area (TPSA) is 29.1 Å². The van der Waals surface area contributed by atoms with Gasteiger partial charge in [0.1, 0.15) is 0 Å². The molecule has 0 aliphatic heterocycles. The molecule has 0 heterocycles. The highest BCUT2D eigenvalue weighted by Crippen LogP contribution is 2.27. The first-order chi connectivity index (χ1) is 9.20. The van der Waals surface area contributed by atoms with Crippen molar-refractivity contribution in [3.05, 3.63) is 29.8 Å². The molecule has 2 unspecified atom stereocenters. The number of carbonyl (C=O) groups is 1. The van der Waals surface area contributed by atoms with E-state index in [4.69, 9.17) is 11.6 Å². The molecule has 1 amide bonds. The lowest BCUT2D eigenvalue weighted by Crippen LogP contribution is -2.32. The van der Waals surface area contributed by atoms with Gasteiger partial charge in [0.25, 0.3) is 5.91 Å². The molecule has 0 radical (unpaired) electrons. The Morgan fingerprint density at radius 1 is 1.42 bits per heavy atom. The Kier molecular flexibility index (Phi) is 5.59. The van der Waals surface area contributed by atoms with Crippen LogP contribution >= 0.6 is 23.4 Å². The first-order valence-electron chi connectivity index (χ1n) is 6.76. The van der Waals surface area contributed by atoms with Crippen molar-refractivity contribution in [3.8, 4) is 0 Å². The molecule has 4 heteroatoms. The van der Waals surface area contributed by atoms with Crippen LogP contribution in [0.3, 0.4) is 0 Å². The molecular weight excluding hydrogens is 278 g/mol. The molecule has 0 aromatic heterocycles. The number of amides is 1. The molecule has 0 saturated heterocycles. The largest absolute Gasteiger partial charge is 0.352 e. The van der Waals surface area contributed by atoms with Gasteiger partial charge in [0.15, 0.2) is 0 Å². The standard InChI is InChI=1S/C15H20ClNOS/c1-19-14-8-3-2-7-13(14)15(18)17-10-11-5-4-6-12(16)9-11/h2-3,7-8,11-12H,4-6,9-10H2,1H3,(H,17,18). The number of nitrogens with one attached hydrogen (secondary N) is 1. The van der Waals surface area contributed by atoms with Crippen molar-refractivity contribution >= 4 is 29.3 Å². The molecule has 1 saturated carbocycles. The predicted octanol–water partition coefficient (Wildman–Crippen LogP) is 3.94. The van der Waals surface area contributed by atoms with E-state index in [0.29, 0.717) is 5.92 Å². The third-order valence-corrected chi connectivity index (χ3v) is 4.81. The maximum Gasteiger partial charge on any atom is 0.252 e. The molecule has 2 rings (SSSR count). The number of benzene rings is 1. The van der Waals surface area contributed by atoms with Crippen molar-refractivity contribution in [2.75, 3.05) is 12.8 Å². The Bertz CT molecular complexity index is 438. The van der Waals surface area contributed by atoms with Gasteiger partial charge < -0.3 is 5.32 Å². The number of thioether (sulfide) groups is 1. The highest BCUT2D eigenvalue weighted by atomic mass is 35.5. The van der Waals surface area contributed by atoms with Gasteiger partial charge in [-0.3, -0.25) is 4.79 Å². The third-order valence-electron chi connectivity index (χ3n) is 3.62. The quantitative estimate of drug-likeness (QED) is 0.674. The lowest BCUT2D eigenvalue weighted by Gasteiger charge is -2.25. The van der Waals surface area contributed by atoms with E-state index >= 15 is 0 Å². The van der Waals surface area contributed by atoms with E-state index in [2.05, 4.69) is 5.32 Å². The number of rotatable bonds is 4. The summed E-state index contributed by atoms with van der Waals surface area (Å²) in [6.45, 7) is 0.741. The SMILES string of the molecule is CSc1ccccc1C(=O)NCC1CCCC(Cl)C1. The molecule has 1 aromatic rings. The molecule has 1 aliphatic carbocycles. The Morgan fingerprint density at radius 3 is 2.95 bits per heavy atom. The van der Waals surface area contributed by atoms with E-state index in [1.54, 1.807) is 11.8 Å². The molecule has 104 valence electrons. The van der Waals surface area contributed by atoms with Gasteiger partial charge in [-0.25, -0.2) is 0 Å². The van der Waals surface area contributed by atoms with Crippen molar-refractivity contribution in [1.82, 2.24) is 5.32 Å². The van der Waals surface area contributed by atoms with Gasteiger partial charge in [0.05, 0.1) is 5.56 Å². The van der Waals surface area contributed by atoms with Gasteiger partial charge in [0.2, 0.25) is 0 Å². The fourth-order valence-electron chi connectivity index (χ4n) is 2.58. The van der Waals surface area contributed by atoms with Crippen LogP contribution in [-0.2, 0) is 0 Å². The van der Waals surface area contributed by atoms with Crippen LogP contribution in [0.2, 0.25) is 0 Å². The second kappa shape index (κ2) is 7.20. The lowest BCUT2D eigenvalue weighted by molar-refractivity contribution is 0.0941. The fraction of sp³-hybridized carbons (Fsp3) is 0.533. The van der Waals surface area contributed by atoms with Crippen LogP contribution in [0.5, 0.6) is 0 Å². The monoisotopic (exact) mass is 297 g/mol. The zero-order valence-electron chi connectivity index (χ0n) is 11.2. The van der Waals surface area contributed by atoms with Gasteiger partial charge in [-0.05, 0) is 43.6 Å². The van der Waals surface area contributed by atoms with Crippen molar-refractivity contribution in [2.24, 2.45) is 5.92 Å². The summed E-state index contributed by atoms with van der Waals surface area (Å²) in [5, 5.41) is 3.34. The number of alkyl halides is 1. The number of hydrogen-bond acceptors (Lipinski definition) is 2. The summed E-state index contributed by atoms with van der Waals surface area (Å²) in [6, 6.07) is 7.73. The van der Waals surface area contributed by atoms with E-state index in [1.807, 2.05) is 30.5 Å². The molecule has 1 N–H and O–H groups in total. The summed E-state index contributed by atoms with van der Waals surface area (Å²) in [6.07, 6.45) is 6.47. The average molecular weight is 298 g/mol. The van der Waals surface area contributed by atoms with Crippen molar-refractivity contribution in [3.63, 3.8) is 0 Å². The summed E-state index contributed by atoms with van der Waals surface area (Å²) >= 11 is 7.78. The van der Waals surface area contributed by atoms with Crippen LogP contribution in [0.25, 0.3) is 0 Å². The Morgan fingerprint density at radius 2 is 2.21 bits per heavy atom. The minimum Gasteiger partial charge on any atom is -0.352 e. The smallest absolute Gasteiger partial charge is 0.252 e. The molecule has 2 nitrogen and oxygen atoms in total. The fourth-order valence-corrected chi connectivity index (χ4v) is 3.58. The first-order valence-corrected chi connectivity index (χ1v) is 8.42. The Labute approximate surface area is 124 Å². The van der Waals surface area contributed by atoms with Crippen LogP contribution < -0.4 is 5.32 Å². The Hall–Kier alpha value is -0.670.